The molecule has 1 nitrogen and oxygen atoms in total. The van der Waals surface area contributed by atoms with Gasteiger partial charge in [-0.25, -0.2) is 0 Å². The van der Waals surface area contributed by atoms with Crippen molar-refractivity contribution < 1.29 is 0 Å². The topological polar surface area (TPSA) is 12.9 Å². The lowest BCUT2D eigenvalue weighted by Gasteiger charge is -2.03. The number of rotatable bonds is 3. The lowest BCUT2D eigenvalue weighted by atomic mass is 10.1. The Bertz CT molecular complexity index is 285. The largest absolute Gasteiger partial charge is 0.261 e. The summed E-state index contributed by atoms with van der Waals surface area (Å²) in [6, 6.07) is 6.00. The first-order chi connectivity index (χ1) is 6.34. The molecule has 1 aromatic rings. The van der Waals surface area contributed by atoms with E-state index in [1.54, 1.807) is 0 Å². The van der Waals surface area contributed by atoms with Crippen molar-refractivity contribution in [3.8, 4) is 0 Å². The zero-order valence-electron chi connectivity index (χ0n) is 8.14. The van der Waals surface area contributed by atoms with Crippen LogP contribution in [0.3, 0.4) is 0 Å². The molecule has 0 bridgehead atoms. The predicted molar refractivity (Wildman–Crippen MR) is 56.6 cm³/mol. The fourth-order valence-corrected chi connectivity index (χ4v) is 1.09. The second-order valence-electron chi connectivity index (χ2n) is 2.95. The number of nitrogens with zero attached hydrogens (tertiary/aromatic N) is 1. The summed E-state index contributed by atoms with van der Waals surface area (Å²) >= 11 is 0. The van der Waals surface area contributed by atoms with Gasteiger partial charge in [-0.05, 0) is 19.1 Å². The van der Waals surface area contributed by atoms with Crippen LogP contribution in [0.2, 0.25) is 0 Å². The van der Waals surface area contributed by atoms with Gasteiger partial charge in [-0.1, -0.05) is 37.3 Å². The number of hydrogen-bond donors (Lipinski definition) is 0. The number of allylic oxidation sites excluding steroid dienone is 4. The molecular formula is C12H15N. The summed E-state index contributed by atoms with van der Waals surface area (Å²) in [5.74, 6) is 0.386. The zero-order valence-corrected chi connectivity index (χ0v) is 8.14. The van der Waals surface area contributed by atoms with Gasteiger partial charge in [-0.3, -0.25) is 4.98 Å². The third kappa shape index (κ3) is 3.24. The van der Waals surface area contributed by atoms with Gasteiger partial charge in [0, 0.05) is 17.8 Å². The van der Waals surface area contributed by atoms with Crippen LogP contribution in [-0.2, 0) is 0 Å². The summed E-state index contributed by atoms with van der Waals surface area (Å²) in [4.78, 5) is 4.28. The maximum atomic E-state index is 4.28. The Labute approximate surface area is 79.8 Å². The van der Waals surface area contributed by atoms with Crippen molar-refractivity contribution in [2.75, 3.05) is 0 Å². The SMILES string of the molecule is C/C=C\C=C/C(C)c1ccccn1. The smallest absolute Gasteiger partial charge is 0.0469 e. The van der Waals surface area contributed by atoms with Crippen LogP contribution < -0.4 is 0 Å². The lowest BCUT2D eigenvalue weighted by Crippen LogP contribution is -1.91. The highest BCUT2D eigenvalue weighted by Gasteiger charge is 1.99. The van der Waals surface area contributed by atoms with Gasteiger partial charge < -0.3 is 0 Å². The maximum Gasteiger partial charge on any atom is 0.0469 e. The molecular weight excluding hydrogens is 158 g/mol. The molecule has 0 amide bonds. The van der Waals surface area contributed by atoms with Crippen molar-refractivity contribution in [1.29, 1.82) is 0 Å². The Morgan fingerprint density at radius 1 is 1.31 bits per heavy atom. The van der Waals surface area contributed by atoms with E-state index >= 15 is 0 Å². The molecule has 1 heterocycles. The van der Waals surface area contributed by atoms with Gasteiger partial charge in [0.2, 0.25) is 0 Å². The Morgan fingerprint density at radius 2 is 2.15 bits per heavy atom. The van der Waals surface area contributed by atoms with Gasteiger partial charge >= 0.3 is 0 Å². The van der Waals surface area contributed by atoms with E-state index in [1.807, 2.05) is 43.5 Å². The molecule has 0 saturated carbocycles. The monoisotopic (exact) mass is 173 g/mol. The van der Waals surface area contributed by atoms with Crippen molar-refractivity contribution in [3.05, 3.63) is 54.4 Å². The Balaban J connectivity index is 2.63. The molecule has 0 aromatic carbocycles. The third-order valence-corrected chi connectivity index (χ3v) is 1.86. The third-order valence-electron chi connectivity index (χ3n) is 1.86. The van der Waals surface area contributed by atoms with Gasteiger partial charge in [0.05, 0.1) is 0 Å². The standard InChI is InChI=1S/C12H15N/c1-3-4-5-8-11(2)12-9-6-7-10-13-12/h3-11H,1-2H3/b4-3-,8-5-. The molecule has 0 spiro atoms. The molecule has 68 valence electrons. The minimum absolute atomic E-state index is 0.386. The molecule has 0 radical (unpaired) electrons. The van der Waals surface area contributed by atoms with Crippen LogP contribution in [0.1, 0.15) is 25.5 Å². The van der Waals surface area contributed by atoms with Crippen molar-refractivity contribution in [3.63, 3.8) is 0 Å². The summed E-state index contributed by atoms with van der Waals surface area (Å²) in [6.45, 7) is 4.15. The minimum atomic E-state index is 0.386. The average molecular weight is 173 g/mol. The molecule has 1 atom stereocenters. The second-order valence-corrected chi connectivity index (χ2v) is 2.95. The van der Waals surface area contributed by atoms with E-state index in [0.29, 0.717) is 5.92 Å². The molecule has 0 saturated heterocycles. The van der Waals surface area contributed by atoms with Gasteiger partial charge in [0.15, 0.2) is 0 Å². The average Bonchev–Trinajstić information content (AvgIpc) is 2.19. The number of aromatic nitrogens is 1. The molecule has 1 unspecified atom stereocenters. The number of pyridine rings is 1. The quantitative estimate of drug-likeness (QED) is 0.639. The first-order valence-electron chi connectivity index (χ1n) is 4.55. The van der Waals surface area contributed by atoms with E-state index in [-0.39, 0.29) is 0 Å². The van der Waals surface area contributed by atoms with E-state index in [1.165, 1.54) is 0 Å². The summed E-state index contributed by atoms with van der Waals surface area (Å²) in [6.07, 6.45) is 10.1. The van der Waals surface area contributed by atoms with Gasteiger partial charge in [0.25, 0.3) is 0 Å². The summed E-state index contributed by atoms with van der Waals surface area (Å²) < 4.78 is 0. The highest BCUT2D eigenvalue weighted by atomic mass is 14.7. The van der Waals surface area contributed by atoms with E-state index in [2.05, 4.69) is 24.1 Å². The normalized spacial score (nSPS) is 14.0. The van der Waals surface area contributed by atoms with Crippen LogP contribution in [0.4, 0.5) is 0 Å². The van der Waals surface area contributed by atoms with Gasteiger partial charge in [-0.15, -0.1) is 0 Å². The summed E-state index contributed by atoms with van der Waals surface area (Å²) in [5, 5.41) is 0. The van der Waals surface area contributed by atoms with E-state index in [4.69, 9.17) is 0 Å². The fraction of sp³-hybridized carbons (Fsp3) is 0.250. The summed E-state index contributed by atoms with van der Waals surface area (Å²) in [7, 11) is 0. The van der Waals surface area contributed by atoms with Crippen LogP contribution in [0, 0.1) is 0 Å². The zero-order chi connectivity index (χ0) is 9.52. The van der Waals surface area contributed by atoms with Crippen molar-refractivity contribution >= 4 is 0 Å². The fourth-order valence-electron chi connectivity index (χ4n) is 1.09. The van der Waals surface area contributed by atoms with Crippen molar-refractivity contribution in [1.82, 2.24) is 4.98 Å². The van der Waals surface area contributed by atoms with E-state index < -0.39 is 0 Å². The Morgan fingerprint density at radius 3 is 2.77 bits per heavy atom. The van der Waals surface area contributed by atoms with Crippen molar-refractivity contribution in [2.24, 2.45) is 0 Å². The van der Waals surface area contributed by atoms with Crippen LogP contribution >= 0.6 is 0 Å². The maximum absolute atomic E-state index is 4.28. The highest BCUT2D eigenvalue weighted by Crippen LogP contribution is 2.12. The molecule has 0 aliphatic rings. The molecule has 1 rings (SSSR count). The van der Waals surface area contributed by atoms with Crippen LogP contribution in [0.5, 0.6) is 0 Å². The van der Waals surface area contributed by atoms with Crippen LogP contribution in [-0.4, -0.2) is 4.98 Å². The second kappa shape index (κ2) is 5.31. The first kappa shape index (κ1) is 9.72. The Kier molecular flexibility index (Phi) is 3.97. The molecule has 1 aromatic heterocycles. The molecule has 13 heavy (non-hydrogen) atoms. The van der Waals surface area contributed by atoms with Crippen LogP contribution in [0.15, 0.2) is 48.7 Å². The lowest BCUT2D eigenvalue weighted by molar-refractivity contribution is 0.907. The summed E-state index contributed by atoms with van der Waals surface area (Å²) in [5.41, 5.74) is 1.11. The van der Waals surface area contributed by atoms with Gasteiger partial charge in [-0.2, -0.15) is 0 Å². The number of hydrogen-bond acceptors (Lipinski definition) is 1. The molecule has 0 N–H and O–H groups in total. The van der Waals surface area contributed by atoms with E-state index in [9.17, 15) is 0 Å². The van der Waals surface area contributed by atoms with Crippen molar-refractivity contribution in [2.45, 2.75) is 19.8 Å². The highest BCUT2D eigenvalue weighted by molar-refractivity contribution is 5.16. The van der Waals surface area contributed by atoms with Gasteiger partial charge in [0.1, 0.15) is 0 Å². The van der Waals surface area contributed by atoms with Crippen LogP contribution in [0.25, 0.3) is 0 Å². The first-order valence-corrected chi connectivity index (χ1v) is 4.55. The molecule has 0 fully saturated rings. The molecule has 1 heteroatoms. The Hall–Kier alpha value is -1.37. The molecule has 0 aliphatic carbocycles. The molecule has 0 aliphatic heterocycles. The van der Waals surface area contributed by atoms with E-state index in [0.717, 1.165) is 5.69 Å². The minimum Gasteiger partial charge on any atom is -0.261 e. The predicted octanol–water partition coefficient (Wildman–Crippen LogP) is 3.32.